The largest absolute Gasteiger partial charge is 0.461 e. The van der Waals surface area contributed by atoms with E-state index >= 15 is 8.78 Å². The number of halogens is 3. The lowest BCUT2D eigenvalue weighted by Crippen LogP contribution is -2.47. The molecule has 0 radical (unpaired) electrons. The Morgan fingerprint density at radius 2 is 2.04 bits per heavy atom. The van der Waals surface area contributed by atoms with Gasteiger partial charge in [-0.1, -0.05) is 0 Å². The Labute approximate surface area is 269 Å². The van der Waals surface area contributed by atoms with Crippen molar-refractivity contribution >= 4 is 33.5 Å². The number of carbonyl (C=O) groups excluding carboxylic acids is 1. The zero-order valence-corrected chi connectivity index (χ0v) is 26.2. The molecule has 0 saturated carbocycles. The van der Waals surface area contributed by atoms with Crippen molar-refractivity contribution in [2.45, 2.75) is 69.4 Å². The van der Waals surface area contributed by atoms with E-state index in [0.29, 0.717) is 66.6 Å². The van der Waals surface area contributed by atoms with Crippen LogP contribution in [0.5, 0.6) is 6.01 Å². The van der Waals surface area contributed by atoms with E-state index in [0.717, 1.165) is 30.5 Å². The topological polar surface area (TPSA) is 121 Å². The number of pyridine rings is 1. The molecule has 9 rings (SSSR count). The Kier molecular flexibility index (Phi) is 7.66. The maximum absolute atomic E-state index is 17.0. The molecule has 4 atom stereocenters. The second kappa shape index (κ2) is 11.9. The molecule has 0 spiro atoms. The summed E-state index contributed by atoms with van der Waals surface area (Å²) in [7, 11) is 0. The summed E-state index contributed by atoms with van der Waals surface area (Å²) in [6, 6.07) is 1.37. The van der Waals surface area contributed by atoms with E-state index in [1.807, 2.05) is 17.9 Å². The number of ether oxygens (including phenoxy) is 2. The van der Waals surface area contributed by atoms with Crippen molar-refractivity contribution < 1.29 is 27.4 Å². The Morgan fingerprint density at radius 1 is 1.15 bits per heavy atom. The second-order valence-corrected chi connectivity index (χ2v) is 13.3. The molecule has 1 amide bonds. The van der Waals surface area contributed by atoms with Gasteiger partial charge in [-0.05, 0) is 62.8 Å². The van der Waals surface area contributed by atoms with E-state index in [9.17, 15) is 9.18 Å². The molecule has 11 nitrogen and oxygen atoms in total. The summed E-state index contributed by atoms with van der Waals surface area (Å²) in [5.41, 5.74) is 2.60. The number of carbonyl (C=O) groups is 1. The molecule has 5 aliphatic rings. The molecule has 0 aliphatic carbocycles. The van der Waals surface area contributed by atoms with Gasteiger partial charge in [-0.2, -0.15) is 15.1 Å². The number of nitrogens with one attached hydrogen (secondary N) is 2. The summed E-state index contributed by atoms with van der Waals surface area (Å²) in [6.45, 7) is 4.38. The summed E-state index contributed by atoms with van der Waals surface area (Å²) in [5.74, 6) is -0.960. The van der Waals surface area contributed by atoms with Crippen LogP contribution in [0.15, 0.2) is 18.5 Å². The zero-order chi connectivity index (χ0) is 32.3. The molecule has 3 aromatic heterocycles. The van der Waals surface area contributed by atoms with Crippen LogP contribution in [0, 0.1) is 12.7 Å². The van der Waals surface area contributed by atoms with Crippen molar-refractivity contribution in [2.75, 3.05) is 50.9 Å². The van der Waals surface area contributed by atoms with E-state index in [2.05, 4.69) is 30.4 Å². The number of benzene rings is 1. The van der Waals surface area contributed by atoms with Gasteiger partial charge in [-0.25, -0.2) is 13.2 Å². The molecule has 8 heterocycles. The quantitative estimate of drug-likeness (QED) is 0.340. The highest BCUT2D eigenvalue weighted by Gasteiger charge is 2.49. The van der Waals surface area contributed by atoms with E-state index in [4.69, 9.17) is 14.5 Å². The fourth-order valence-corrected chi connectivity index (χ4v) is 7.98. The number of amides is 1. The van der Waals surface area contributed by atoms with Gasteiger partial charge in [-0.3, -0.25) is 19.8 Å². The van der Waals surface area contributed by atoms with Gasteiger partial charge in [0.05, 0.1) is 41.9 Å². The molecule has 14 heteroatoms. The number of H-pyrrole nitrogens is 1. The lowest BCUT2D eigenvalue weighted by Gasteiger charge is -2.31. The molecule has 3 saturated heterocycles. The molecule has 248 valence electrons. The number of anilines is 1. The average molecular weight is 651 g/mol. The van der Waals surface area contributed by atoms with Crippen LogP contribution < -0.4 is 15.0 Å². The second-order valence-electron chi connectivity index (χ2n) is 13.3. The van der Waals surface area contributed by atoms with Crippen LogP contribution in [0.3, 0.4) is 0 Å². The molecule has 6 bridgehead atoms. The first-order valence-corrected chi connectivity index (χ1v) is 16.4. The molecular weight excluding hydrogens is 613 g/mol. The third kappa shape index (κ3) is 5.35. The third-order valence-corrected chi connectivity index (χ3v) is 10.3. The maximum atomic E-state index is 17.0. The first-order chi connectivity index (χ1) is 22.8. The molecular formula is C33H37F3N8O3. The van der Waals surface area contributed by atoms with Crippen LogP contribution in [-0.2, 0) is 16.0 Å². The summed E-state index contributed by atoms with van der Waals surface area (Å²) < 4.78 is 58.8. The van der Waals surface area contributed by atoms with Gasteiger partial charge in [0.2, 0.25) is 0 Å². The van der Waals surface area contributed by atoms with Crippen molar-refractivity contribution in [3.05, 3.63) is 35.4 Å². The minimum absolute atomic E-state index is 0.00526. The standard InChI is InChI=1S/C33H37F3N8O3/c1-18-10-25-22(13-38-42-25)26-21(18)4-2-5-24(35)31(45)39-20-15-43(8-9-46-16-20)30-23-12-37-29(26)27(36)28(23)40-32(41-30)47-17-33-6-3-7-44(33)14-19(34)11-33/h10,12-13,19-20,24H,2-9,11,14-17H2,1H3,(H,38,42)(H,39,45)/t19-,20+,24?,33+/m1/s1. The highest BCUT2D eigenvalue weighted by molar-refractivity contribution is 5.99. The molecule has 2 N–H and O–H groups in total. The summed E-state index contributed by atoms with van der Waals surface area (Å²) in [6.07, 6.45) is 3.44. The smallest absolute Gasteiger partial charge is 0.319 e. The van der Waals surface area contributed by atoms with Crippen molar-refractivity contribution in [2.24, 2.45) is 0 Å². The van der Waals surface area contributed by atoms with Gasteiger partial charge in [0.25, 0.3) is 5.91 Å². The van der Waals surface area contributed by atoms with E-state index < -0.39 is 35.6 Å². The van der Waals surface area contributed by atoms with Gasteiger partial charge in [0.1, 0.15) is 29.8 Å². The number of aryl methyl sites for hydroxylation is 1. The fraction of sp³-hybridized carbons (Fsp3) is 0.545. The Bertz CT molecular complexity index is 1860. The van der Waals surface area contributed by atoms with Crippen molar-refractivity contribution in [1.82, 2.24) is 35.4 Å². The Hall–Kier alpha value is -4.04. The number of aromatic nitrogens is 5. The number of nitrogens with zero attached hydrogens (tertiary/aromatic N) is 6. The highest BCUT2D eigenvalue weighted by Crippen LogP contribution is 2.41. The van der Waals surface area contributed by atoms with Crippen molar-refractivity contribution in [3.63, 3.8) is 0 Å². The van der Waals surface area contributed by atoms with Gasteiger partial charge in [-0.15, -0.1) is 0 Å². The normalized spacial score (nSPS) is 26.9. The van der Waals surface area contributed by atoms with Crippen LogP contribution >= 0.6 is 0 Å². The molecule has 4 aromatic rings. The molecule has 3 fully saturated rings. The summed E-state index contributed by atoms with van der Waals surface area (Å²) in [4.78, 5) is 31.0. The number of alkyl halides is 2. The predicted molar refractivity (Wildman–Crippen MR) is 168 cm³/mol. The minimum Gasteiger partial charge on any atom is -0.461 e. The molecule has 5 aliphatic heterocycles. The first kappa shape index (κ1) is 30.3. The lowest BCUT2D eigenvalue weighted by atomic mass is 9.91. The minimum atomic E-state index is -1.71. The monoisotopic (exact) mass is 650 g/mol. The zero-order valence-electron chi connectivity index (χ0n) is 26.2. The molecule has 1 unspecified atom stereocenters. The SMILES string of the molecule is Cc1cc2[nH]ncc2c2c1CCCC(F)C(=O)N[C@@H]1COCCN(C1)c1nc(OC[C@@]34CCCN3C[C@H](F)C4)nc3c(F)c-2ncc13. The van der Waals surface area contributed by atoms with Crippen LogP contribution in [0.1, 0.15) is 43.2 Å². The number of hydrogen-bond acceptors (Lipinski definition) is 9. The summed E-state index contributed by atoms with van der Waals surface area (Å²) in [5, 5.41) is 11.0. The number of aromatic amines is 1. The van der Waals surface area contributed by atoms with Crippen LogP contribution in [-0.4, -0.2) is 106 Å². The van der Waals surface area contributed by atoms with E-state index in [1.165, 1.54) is 0 Å². The predicted octanol–water partition coefficient (Wildman–Crippen LogP) is 3.97. The average Bonchev–Trinajstić information content (AvgIpc) is 3.69. The van der Waals surface area contributed by atoms with Gasteiger partial charge >= 0.3 is 6.01 Å². The van der Waals surface area contributed by atoms with Crippen LogP contribution in [0.2, 0.25) is 0 Å². The van der Waals surface area contributed by atoms with Gasteiger partial charge < -0.3 is 19.7 Å². The third-order valence-electron chi connectivity index (χ3n) is 10.3. The molecule has 1 aromatic carbocycles. The fourth-order valence-electron chi connectivity index (χ4n) is 7.98. The van der Waals surface area contributed by atoms with Gasteiger partial charge in [0, 0.05) is 43.2 Å². The summed E-state index contributed by atoms with van der Waals surface area (Å²) >= 11 is 0. The highest BCUT2D eigenvalue weighted by atomic mass is 19.1. The maximum Gasteiger partial charge on any atom is 0.319 e. The van der Waals surface area contributed by atoms with Crippen molar-refractivity contribution in [1.29, 1.82) is 0 Å². The first-order valence-electron chi connectivity index (χ1n) is 16.4. The van der Waals surface area contributed by atoms with Crippen molar-refractivity contribution in [3.8, 4) is 17.3 Å². The van der Waals surface area contributed by atoms with Crippen LogP contribution in [0.4, 0.5) is 19.0 Å². The Morgan fingerprint density at radius 3 is 2.94 bits per heavy atom. The lowest BCUT2D eigenvalue weighted by molar-refractivity contribution is -0.127. The number of fused-ring (bicyclic) bond motifs is 8. The van der Waals surface area contributed by atoms with E-state index in [-0.39, 0.29) is 43.4 Å². The number of hydrogen-bond donors (Lipinski definition) is 2. The van der Waals surface area contributed by atoms with E-state index in [1.54, 1.807) is 12.4 Å². The number of rotatable bonds is 3. The molecule has 47 heavy (non-hydrogen) atoms. The van der Waals surface area contributed by atoms with Crippen LogP contribution in [0.25, 0.3) is 33.1 Å². The van der Waals surface area contributed by atoms with Gasteiger partial charge in [0.15, 0.2) is 12.0 Å². The Balaban J connectivity index is 1.30.